The maximum atomic E-state index is 6.11. The molecule has 0 saturated heterocycles. The molecule has 0 aliphatic heterocycles. The standard InChI is InChI=1S/C12H15N3OS/c13-9-5-2-1-4-8(9)12-14-11(15-16-12)10-6-3-7-17-10/h3,6-9H,1-2,4-5,13H2/t8-,9+/m0/s1. The van der Waals surface area contributed by atoms with Gasteiger partial charge in [-0.05, 0) is 24.3 Å². The fraction of sp³-hybridized carbons (Fsp3) is 0.500. The Morgan fingerprint density at radius 1 is 1.35 bits per heavy atom. The first-order valence-electron chi connectivity index (χ1n) is 5.97. The third-order valence-electron chi connectivity index (χ3n) is 3.32. The minimum Gasteiger partial charge on any atom is -0.339 e. The van der Waals surface area contributed by atoms with E-state index >= 15 is 0 Å². The molecule has 90 valence electrons. The van der Waals surface area contributed by atoms with E-state index in [-0.39, 0.29) is 12.0 Å². The molecule has 2 aromatic rings. The molecular formula is C12H15N3OS. The third kappa shape index (κ3) is 2.12. The van der Waals surface area contributed by atoms with E-state index in [1.807, 2.05) is 17.5 Å². The van der Waals surface area contributed by atoms with Gasteiger partial charge in [0.05, 0.1) is 10.8 Å². The van der Waals surface area contributed by atoms with E-state index < -0.39 is 0 Å². The first kappa shape index (κ1) is 10.9. The summed E-state index contributed by atoms with van der Waals surface area (Å²) in [5.74, 6) is 1.64. The minimum absolute atomic E-state index is 0.167. The second kappa shape index (κ2) is 4.58. The summed E-state index contributed by atoms with van der Waals surface area (Å²) in [5, 5.41) is 6.05. The lowest BCUT2D eigenvalue weighted by atomic mass is 9.85. The molecule has 2 atom stereocenters. The Hall–Kier alpha value is -1.20. The van der Waals surface area contributed by atoms with Gasteiger partial charge in [-0.1, -0.05) is 24.1 Å². The van der Waals surface area contributed by atoms with Gasteiger partial charge in [0.2, 0.25) is 11.7 Å². The SMILES string of the molecule is N[C@@H]1CCCC[C@@H]1c1nc(-c2cccs2)no1. The summed E-state index contributed by atoms with van der Waals surface area (Å²) in [7, 11) is 0. The molecule has 0 unspecified atom stereocenters. The third-order valence-corrected chi connectivity index (χ3v) is 4.19. The van der Waals surface area contributed by atoms with Gasteiger partial charge in [0.15, 0.2) is 0 Å². The number of hydrogen-bond donors (Lipinski definition) is 1. The largest absolute Gasteiger partial charge is 0.339 e. The molecule has 0 amide bonds. The van der Waals surface area contributed by atoms with E-state index in [0.717, 1.165) is 17.7 Å². The van der Waals surface area contributed by atoms with Crippen LogP contribution in [0.4, 0.5) is 0 Å². The fourth-order valence-electron chi connectivity index (χ4n) is 2.36. The molecule has 1 aliphatic rings. The van der Waals surface area contributed by atoms with Gasteiger partial charge in [0.1, 0.15) is 0 Å². The predicted molar refractivity (Wildman–Crippen MR) is 66.8 cm³/mol. The Kier molecular flexibility index (Phi) is 2.94. The average Bonchev–Trinajstić information content (AvgIpc) is 3.00. The summed E-state index contributed by atoms with van der Waals surface area (Å²) in [6, 6.07) is 4.16. The van der Waals surface area contributed by atoms with Crippen LogP contribution in [0.25, 0.3) is 10.7 Å². The van der Waals surface area contributed by atoms with Crippen molar-refractivity contribution in [3.63, 3.8) is 0 Å². The van der Waals surface area contributed by atoms with Crippen molar-refractivity contribution in [1.82, 2.24) is 10.1 Å². The lowest BCUT2D eigenvalue weighted by Gasteiger charge is -2.25. The summed E-state index contributed by atoms with van der Waals surface area (Å²) in [4.78, 5) is 5.53. The monoisotopic (exact) mass is 249 g/mol. The molecule has 17 heavy (non-hydrogen) atoms. The van der Waals surface area contributed by atoms with Crippen molar-refractivity contribution in [2.24, 2.45) is 5.73 Å². The molecule has 0 spiro atoms. The molecule has 1 saturated carbocycles. The van der Waals surface area contributed by atoms with E-state index in [0.29, 0.717) is 11.7 Å². The number of hydrogen-bond acceptors (Lipinski definition) is 5. The van der Waals surface area contributed by atoms with Crippen molar-refractivity contribution < 1.29 is 4.52 Å². The van der Waals surface area contributed by atoms with Gasteiger partial charge in [-0.2, -0.15) is 4.98 Å². The second-order valence-electron chi connectivity index (χ2n) is 4.49. The zero-order valence-electron chi connectivity index (χ0n) is 9.50. The number of nitrogens with zero attached hydrogens (tertiary/aromatic N) is 2. The Bertz CT molecular complexity index is 480. The highest BCUT2D eigenvalue weighted by Gasteiger charge is 2.28. The van der Waals surface area contributed by atoms with Crippen LogP contribution in [0.1, 0.15) is 37.5 Å². The molecule has 2 N–H and O–H groups in total. The summed E-state index contributed by atoms with van der Waals surface area (Å²) >= 11 is 1.62. The molecule has 2 heterocycles. The van der Waals surface area contributed by atoms with Crippen LogP contribution < -0.4 is 5.73 Å². The van der Waals surface area contributed by atoms with Crippen LogP contribution in [0.3, 0.4) is 0 Å². The van der Waals surface area contributed by atoms with Gasteiger partial charge < -0.3 is 10.3 Å². The predicted octanol–water partition coefficient (Wildman–Crippen LogP) is 2.78. The molecule has 0 radical (unpaired) electrons. The van der Waals surface area contributed by atoms with Crippen LogP contribution in [0.15, 0.2) is 22.0 Å². The van der Waals surface area contributed by atoms with Gasteiger partial charge >= 0.3 is 0 Å². The molecule has 5 heteroatoms. The maximum Gasteiger partial charge on any atom is 0.231 e. The lowest BCUT2D eigenvalue weighted by molar-refractivity contribution is 0.290. The molecule has 3 rings (SSSR count). The van der Waals surface area contributed by atoms with Crippen molar-refractivity contribution in [3.8, 4) is 10.7 Å². The first-order chi connectivity index (χ1) is 8.34. The van der Waals surface area contributed by atoms with Crippen molar-refractivity contribution in [2.75, 3.05) is 0 Å². The van der Waals surface area contributed by atoms with Gasteiger partial charge in [-0.15, -0.1) is 11.3 Å². The molecule has 1 fully saturated rings. The van der Waals surface area contributed by atoms with Crippen LogP contribution >= 0.6 is 11.3 Å². The fourth-order valence-corrected chi connectivity index (χ4v) is 3.01. The summed E-state index contributed by atoms with van der Waals surface area (Å²) in [5.41, 5.74) is 6.11. The van der Waals surface area contributed by atoms with E-state index in [9.17, 15) is 0 Å². The second-order valence-corrected chi connectivity index (χ2v) is 5.44. The van der Waals surface area contributed by atoms with Crippen LogP contribution in [-0.4, -0.2) is 16.2 Å². The zero-order valence-corrected chi connectivity index (χ0v) is 10.3. The van der Waals surface area contributed by atoms with Crippen LogP contribution in [0, 0.1) is 0 Å². The molecule has 4 nitrogen and oxygen atoms in total. The number of thiophene rings is 1. The van der Waals surface area contributed by atoms with E-state index in [2.05, 4.69) is 10.1 Å². The van der Waals surface area contributed by atoms with Crippen molar-refractivity contribution in [3.05, 3.63) is 23.4 Å². The van der Waals surface area contributed by atoms with Crippen LogP contribution in [0.5, 0.6) is 0 Å². The van der Waals surface area contributed by atoms with Crippen LogP contribution in [-0.2, 0) is 0 Å². The number of nitrogens with two attached hydrogens (primary N) is 1. The van der Waals surface area contributed by atoms with E-state index in [1.165, 1.54) is 12.8 Å². The Labute approximate surface area is 104 Å². The topological polar surface area (TPSA) is 64.9 Å². The first-order valence-corrected chi connectivity index (χ1v) is 6.85. The minimum atomic E-state index is 0.167. The highest BCUT2D eigenvalue weighted by atomic mass is 32.1. The molecular weight excluding hydrogens is 234 g/mol. The Morgan fingerprint density at radius 2 is 2.24 bits per heavy atom. The van der Waals surface area contributed by atoms with Crippen molar-refractivity contribution in [2.45, 2.75) is 37.6 Å². The normalized spacial score (nSPS) is 25.0. The Balaban J connectivity index is 1.84. The zero-order chi connectivity index (χ0) is 11.7. The van der Waals surface area contributed by atoms with Gasteiger partial charge in [0, 0.05) is 6.04 Å². The summed E-state index contributed by atoms with van der Waals surface area (Å²) in [6.07, 6.45) is 4.54. The highest BCUT2D eigenvalue weighted by molar-refractivity contribution is 7.13. The van der Waals surface area contributed by atoms with E-state index in [1.54, 1.807) is 11.3 Å². The van der Waals surface area contributed by atoms with Gasteiger partial charge in [-0.25, -0.2) is 0 Å². The number of aromatic nitrogens is 2. The molecule has 0 aromatic carbocycles. The number of rotatable bonds is 2. The molecule has 1 aliphatic carbocycles. The highest BCUT2D eigenvalue weighted by Crippen LogP contribution is 2.32. The quantitative estimate of drug-likeness (QED) is 0.888. The molecule has 2 aromatic heterocycles. The summed E-state index contributed by atoms with van der Waals surface area (Å²) in [6.45, 7) is 0. The lowest BCUT2D eigenvalue weighted by Crippen LogP contribution is -2.31. The van der Waals surface area contributed by atoms with Gasteiger partial charge in [0.25, 0.3) is 0 Å². The smallest absolute Gasteiger partial charge is 0.231 e. The average molecular weight is 249 g/mol. The maximum absolute atomic E-state index is 6.11. The summed E-state index contributed by atoms with van der Waals surface area (Å²) < 4.78 is 5.36. The van der Waals surface area contributed by atoms with E-state index in [4.69, 9.17) is 10.3 Å². The Morgan fingerprint density at radius 3 is 3.00 bits per heavy atom. The van der Waals surface area contributed by atoms with Gasteiger partial charge in [-0.3, -0.25) is 0 Å². The van der Waals surface area contributed by atoms with Crippen molar-refractivity contribution in [1.29, 1.82) is 0 Å². The van der Waals surface area contributed by atoms with Crippen molar-refractivity contribution >= 4 is 11.3 Å². The molecule has 0 bridgehead atoms. The van der Waals surface area contributed by atoms with Crippen LogP contribution in [0.2, 0.25) is 0 Å².